The Hall–Kier alpha value is -5.43. The van der Waals surface area contributed by atoms with Crippen LogP contribution in [0.4, 0.5) is 10.5 Å². The van der Waals surface area contributed by atoms with Gasteiger partial charge in [0.1, 0.15) is 0 Å². The van der Waals surface area contributed by atoms with Crippen LogP contribution in [-0.4, -0.2) is 21.9 Å². The summed E-state index contributed by atoms with van der Waals surface area (Å²) in [5.41, 5.74) is 7.91. The van der Waals surface area contributed by atoms with Gasteiger partial charge in [-0.05, 0) is 54.4 Å². The predicted molar refractivity (Wildman–Crippen MR) is 164 cm³/mol. The molecule has 2 aromatic heterocycles. The summed E-state index contributed by atoms with van der Waals surface area (Å²) < 4.78 is 0. The molecule has 7 heteroatoms. The summed E-state index contributed by atoms with van der Waals surface area (Å²) >= 11 is 0. The predicted octanol–water partition coefficient (Wildman–Crippen LogP) is 6.94. The van der Waals surface area contributed by atoms with Gasteiger partial charge in [0.2, 0.25) is 0 Å². The molecule has 3 amide bonds. The number of H-pyrrole nitrogens is 1. The molecule has 4 aromatic carbocycles. The highest BCUT2D eigenvalue weighted by Crippen LogP contribution is 2.31. The van der Waals surface area contributed by atoms with Crippen LogP contribution in [0.5, 0.6) is 0 Å². The van der Waals surface area contributed by atoms with Crippen molar-refractivity contribution in [3.05, 3.63) is 132 Å². The van der Waals surface area contributed by atoms with Crippen molar-refractivity contribution in [3.8, 4) is 11.3 Å². The molecule has 41 heavy (non-hydrogen) atoms. The Bertz CT molecular complexity index is 1860. The van der Waals surface area contributed by atoms with Crippen LogP contribution in [0.15, 0.2) is 109 Å². The van der Waals surface area contributed by atoms with E-state index in [-0.39, 0.29) is 11.9 Å². The molecule has 0 radical (unpaired) electrons. The summed E-state index contributed by atoms with van der Waals surface area (Å²) in [6, 6.07) is 32.7. The smallest absolute Gasteiger partial charge is 0.319 e. The number of amides is 3. The molecule has 202 valence electrons. The number of anilines is 1. The van der Waals surface area contributed by atoms with E-state index in [1.54, 1.807) is 0 Å². The first kappa shape index (κ1) is 25.8. The van der Waals surface area contributed by atoms with Crippen molar-refractivity contribution in [1.82, 2.24) is 20.6 Å². The van der Waals surface area contributed by atoms with Crippen LogP contribution in [0.25, 0.3) is 33.1 Å². The van der Waals surface area contributed by atoms with Crippen molar-refractivity contribution in [2.24, 2.45) is 0 Å². The van der Waals surface area contributed by atoms with Gasteiger partial charge in [-0.2, -0.15) is 0 Å². The minimum absolute atomic E-state index is 0.163. The fraction of sp³-hybridized carbons (Fsp3) is 0.0882. The van der Waals surface area contributed by atoms with Crippen molar-refractivity contribution in [2.45, 2.75) is 20.0 Å². The normalized spacial score (nSPS) is 11.0. The summed E-state index contributed by atoms with van der Waals surface area (Å²) in [6.07, 6.45) is 1.95. The summed E-state index contributed by atoms with van der Waals surface area (Å²) in [7, 11) is 0. The van der Waals surface area contributed by atoms with Gasteiger partial charge in [-0.3, -0.25) is 4.79 Å². The molecule has 6 aromatic rings. The lowest BCUT2D eigenvalue weighted by molar-refractivity contribution is 0.0952. The maximum absolute atomic E-state index is 13.5. The third-order valence-electron chi connectivity index (χ3n) is 7.03. The molecule has 0 saturated heterocycles. The summed E-state index contributed by atoms with van der Waals surface area (Å²) in [5.74, 6) is -0.163. The maximum Gasteiger partial charge on any atom is 0.319 e. The molecular formula is C34H29N5O2. The number of carbonyl (C=O) groups excluding carboxylic acids is 2. The Morgan fingerprint density at radius 2 is 1.46 bits per heavy atom. The number of benzene rings is 4. The lowest BCUT2D eigenvalue weighted by Gasteiger charge is -2.11. The maximum atomic E-state index is 13.5. The number of aromatic amines is 1. The summed E-state index contributed by atoms with van der Waals surface area (Å²) in [6.45, 7) is 2.83. The molecule has 2 heterocycles. The summed E-state index contributed by atoms with van der Waals surface area (Å²) in [5, 5.41) is 10.6. The van der Waals surface area contributed by atoms with Gasteiger partial charge in [-0.1, -0.05) is 72.3 Å². The Kier molecular flexibility index (Phi) is 7.15. The zero-order valence-electron chi connectivity index (χ0n) is 22.6. The van der Waals surface area contributed by atoms with E-state index < -0.39 is 0 Å². The average Bonchev–Trinajstić information content (AvgIpc) is 3.42. The minimum atomic E-state index is -0.265. The third-order valence-corrected chi connectivity index (χ3v) is 7.03. The quantitative estimate of drug-likeness (QED) is 0.177. The second kappa shape index (κ2) is 11.4. The average molecular weight is 540 g/mol. The lowest BCUT2D eigenvalue weighted by atomic mass is 10.0. The van der Waals surface area contributed by atoms with Gasteiger partial charge in [-0.25, -0.2) is 9.78 Å². The van der Waals surface area contributed by atoms with Crippen LogP contribution < -0.4 is 16.0 Å². The number of urea groups is 1. The first-order valence-electron chi connectivity index (χ1n) is 13.5. The van der Waals surface area contributed by atoms with E-state index >= 15 is 0 Å². The number of fused-ring (bicyclic) bond motifs is 2. The number of hydrogen-bond acceptors (Lipinski definition) is 3. The highest BCUT2D eigenvalue weighted by molar-refractivity contribution is 6.08. The number of rotatable bonds is 7. The monoisotopic (exact) mass is 539 g/mol. The number of hydrogen-bond donors (Lipinski definition) is 4. The van der Waals surface area contributed by atoms with E-state index in [9.17, 15) is 9.59 Å². The van der Waals surface area contributed by atoms with Crippen molar-refractivity contribution in [3.63, 3.8) is 0 Å². The van der Waals surface area contributed by atoms with Crippen molar-refractivity contribution in [1.29, 1.82) is 0 Å². The lowest BCUT2D eigenvalue weighted by Crippen LogP contribution is -2.28. The van der Waals surface area contributed by atoms with E-state index in [1.165, 1.54) is 0 Å². The molecule has 7 nitrogen and oxygen atoms in total. The van der Waals surface area contributed by atoms with E-state index in [0.29, 0.717) is 18.7 Å². The van der Waals surface area contributed by atoms with Crippen LogP contribution in [0.1, 0.15) is 27.0 Å². The zero-order chi connectivity index (χ0) is 28.2. The molecule has 0 spiro atoms. The second-order valence-electron chi connectivity index (χ2n) is 10.00. The van der Waals surface area contributed by atoms with Crippen LogP contribution in [0.2, 0.25) is 0 Å². The zero-order valence-corrected chi connectivity index (χ0v) is 22.6. The van der Waals surface area contributed by atoms with Gasteiger partial charge in [0.05, 0.1) is 16.8 Å². The van der Waals surface area contributed by atoms with E-state index in [4.69, 9.17) is 4.98 Å². The highest BCUT2D eigenvalue weighted by atomic mass is 16.2. The molecule has 0 aliphatic carbocycles. The summed E-state index contributed by atoms with van der Waals surface area (Å²) in [4.78, 5) is 33.8. The fourth-order valence-corrected chi connectivity index (χ4v) is 4.88. The number of aromatic nitrogens is 2. The van der Waals surface area contributed by atoms with Crippen LogP contribution in [-0.2, 0) is 13.1 Å². The molecule has 0 unspecified atom stereocenters. The standard InChI is InChI=1S/C34H29N5O2/c1-22-11-16-30-27(17-22)29(21-35-30)32-18-28(26-9-5-6-10-31(26)39-32)33(40)36-19-23-12-14-24(15-13-23)20-37-34(41)38-25-7-3-2-4-8-25/h2-18,21,35H,19-20H2,1H3,(H,36,40)(H2,37,38,41). The SMILES string of the molecule is Cc1ccc2[nH]cc(-c3cc(C(=O)NCc4ccc(CNC(=O)Nc5ccccc5)cc4)c4ccccc4n3)c2c1. The second-order valence-corrected chi connectivity index (χ2v) is 10.00. The number of nitrogens with one attached hydrogen (secondary N) is 4. The van der Waals surface area contributed by atoms with Gasteiger partial charge in [0.25, 0.3) is 5.91 Å². The largest absolute Gasteiger partial charge is 0.360 e. The molecule has 0 aliphatic rings. The molecule has 0 fully saturated rings. The number of aryl methyl sites for hydroxylation is 1. The molecule has 4 N–H and O–H groups in total. The van der Waals surface area contributed by atoms with Gasteiger partial charge in [0, 0.05) is 46.8 Å². The highest BCUT2D eigenvalue weighted by Gasteiger charge is 2.16. The molecule has 0 bridgehead atoms. The number of para-hydroxylation sites is 2. The number of nitrogens with zero attached hydrogens (tertiary/aromatic N) is 1. The third kappa shape index (κ3) is 5.79. The van der Waals surface area contributed by atoms with Gasteiger partial charge >= 0.3 is 6.03 Å². The van der Waals surface area contributed by atoms with Gasteiger partial charge in [-0.15, -0.1) is 0 Å². The van der Waals surface area contributed by atoms with Crippen molar-refractivity contribution in [2.75, 3.05) is 5.32 Å². The van der Waals surface area contributed by atoms with Crippen molar-refractivity contribution >= 4 is 39.4 Å². The Balaban J connectivity index is 1.15. The van der Waals surface area contributed by atoms with Crippen LogP contribution in [0, 0.1) is 6.92 Å². The Labute approximate surface area is 237 Å². The van der Waals surface area contributed by atoms with Crippen molar-refractivity contribution < 1.29 is 9.59 Å². The van der Waals surface area contributed by atoms with E-state index in [0.717, 1.165) is 55.4 Å². The first-order chi connectivity index (χ1) is 20.0. The topological polar surface area (TPSA) is 98.9 Å². The molecule has 0 atom stereocenters. The van der Waals surface area contributed by atoms with Gasteiger partial charge < -0.3 is 20.9 Å². The van der Waals surface area contributed by atoms with Gasteiger partial charge in [0.15, 0.2) is 0 Å². The Morgan fingerprint density at radius 3 is 2.24 bits per heavy atom. The van der Waals surface area contributed by atoms with Crippen LogP contribution >= 0.6 is 0 Å². The molecule has 0 aliphatic heterocycles. The Morgan fingerprint density at radius 1 is 0.756 bits per heavy atom. The van der Waals surface area contributed by atoms with E-state index in [1.807, 2.05) is 91.1 Å². The first-order valence-corrected chi connectivity index (χ1v) is 13.5. The minimum Gasteiger partial charge on any atom is -0.360 e. The molecule has 0 saturated carbocycles. The van der Waals surface area contributed by atoms with Crippen LogP contribution in [0.3, 0.4) is 0 Å². The fourth-order valence-electron chi connectivity index (χ4n) is 4.88. The molecule has 6 rings (SSSR count). The number of pyridine rings is 1. The number of carbonyl (C=O) groups is 2. The molecular weight excluding hydrogens is 510 g/mol. The van der Waals surface area contributed by atoms with E-state index in [2.05, 4.69) is 46.1 Å².